The van der Waals surface area contributed by atoms with Gasteiger partial charge in [-0.05, 0) is 54.9 Å². The van der Waals surface area contributed by atoms with Crippen molar-refractivity contribution in [1.82, 2.24) is 0 Å². The van der Waals surface area contributed by atoms with Crippen molar-refractivity contribution in [3.05, 3.63) is 52.6 Å². The second-order valence-corrected chi connectivity index (χ2v) is 7.15. The van der Waals surface area contributed by atoms with Crippen LogP contribution in [-0.4, -0.2) is 0 Å². The molecule has 0 aliphatic heterocycles. The van der Waals surface area contributed by atoms with Gasteiger partial charge < -0.3 is 5.73 Å². The van der Waals surface area contributed by atoms with Gasteiger partial charge in [-0.25, -0.2) is 0 Å². The number of allylic oxidation sites excluding steroid dienone is 3. The number of anilines is 1. The summed E-state index contributed by atoms with van der Waals surface area (Å²) in [6.07, 6.45) is 2.25. The van der Waals surface area contributed by atoms with E-state index in [1.54, 1.807) is 0 Å². The van der Waals surface area contributed by atoms with Crippen molar-refractivity contribution in [2.45, 2.75) is 53.4 Å². The number of hydrogen-bond donors (Lipinski definition) is 1. The van der Waals surface area contributed by atoms with Gasteiger partial charge in [0.15, 0.2) is 0 Å². The molecule has 0 radical (unpaired) electrons. The second kappa shape index (κ2) is 5.12. The molecule has 20 heavy (non-hydrogen) atoms. The van der Waals surface area contributed by atoms with E-state index in [9.17, 15) is 0 Å². The van der Waals surface area contributed by atoms with Gasteiger partial charge in [0.1, 0.15) is 0 Å². The van der Waals surface area contributed by atoms with Crippen molar-refractivity contribution in [1.29, 1.82) is 0 Å². The first-order valence-corrected chi connectivity index (χ1v) is 7.45. The minimum atomic E-state index is 0.344. The highest BCUT2D eigenvalue weighted by atomic mass is 14.6. The van der Waals surface area contributed by atoms with E-state index in [0.717, 1.165) is 24.1 Å². The molecule has 1 unspecified atom stereocenters. The number of rotatable bonds is 2. The highest BCUT2D eigenvalue weighted by Crippen LogP contribution is 2.45. The van der Waals surface area contributed by atoms with Gasteiger partial charge in [0.25, 0.3) is 0 Å². The van der Waals surface area contributed by atoms with E-state index in [1.807, 2.05) is 0 Å². The van der Waals surface area contributed by atoms with Crippen LogP contribution in [0.2, 0.25) is 0 Å². The SMILES string of the molecule is C=C1CC(C)(C)CC(C)=C1C(C)c1ccc(C)c(N)c1. The average molecular weight is 269 g/mol. The third-order valence-electron chi connectivity index (χ3n) is 4.51. The molecule has 0 saturated carbocycles. The molecule has 0 saturated heterocycles. The van der Waals surface area contributed by atoms with Crippen LogP contribution in [0.4, 0.5) is 5.69 Å². The fraction of sp³-hybridized carbons (Fsp3) is 0.474. The molecule has 108 valence electrons. The zero-order valence-electron chi connectivity index (χ0n) is 13.5. The Bertz CT molecular complexity index is 575. The van der Waals surface area contributed by atoms with E-state index >= 15 is 0 Å². The summed E-state index contributed by atoms with van der Waals surface area (Å²) in [4.78, 5) is 0. The summed E-state index contributed by atoms with van der Waals surface area (Å²) >= 11 is 0. The van der Waals surface area contributed by atoms with Crippen LogP contribution in [0.15, 0.2) is 41.5 Å². The molecule has 2 rings (SSSR count). The minimum absolute atomic E-state index is 0.344. The molecule has 0 aromatic heterocycles. The van der Waals surface area contributed by atoms with Gasteiger partial charge >= 0.3 is 0 Å². The van der Waals surface area contributed by atoms with Gasteiger partial charge in [0, 0.05) is 11.6 Å². The number of nitrogen functional groups attached to an aromatic ring is 1. The predicted octanol–water partition coefficient (Wildman–Crippen LogP) is 5.37. The Morgan fingerprint density at radius 1 is 1.20 bits per heavy atom. The summed E-state index contributed by atoms with van der Waals surface area (Å²) in [5.74, 6) is 0.376. The standard InChI is InChI=1S/C19H27N/c1-12-7-8-16(9-17(12)20)15(4)18-13(2)10-19(5,6)11-14(18)3/h7-9,15H,2,10-11,20H2,1,3-6H3. The lowest BCUT2D eigenvalue weighted by Gasteiger charge is -2.36. The van der Waals surface area contributed by atoms with Gasteiger partial charge in [-0.15, -0.1) is 0 Å². The van der Waals surface area contributed by atoms with Crippen LogP contribution in [-0.2, 0) is 0 Å². The van der Waals surface area contributed by atoms with Gasteiger partial charge in [0.05, 0.1) is 0 Å². The van der Waals surface area contributed by atoms with E-state index in [4.69, 9.17) is 5.73 Å². The molecule has 2 N–H and O–H groups in total. The zero-order chi connectivity index (χ0) is 15.1. The molecular formula is C19H27N. The van der Waals surface area contributed by atoms with Crippen molar-refractivity contribution in [3.8, 4) is 0 Å². The van der Waals surface area contributed by atoms with Gasteiger partial charge in [-0.2, -0.15) is 0 Å². The normalized spacial score (nSPS) is 20.1. The van der Waals surface area contributed by atoms with E-state index in [1.165, 1.54) is 22.3 Å². The predicted molar refractivity (Wildman–Crippen MR) is 88.9 cm³/mol. The minimum Gasteiger partial charge on any atom is -0.399 e. The van der Waals surface area contributed by atoms with Crippen LogP contribution in [0.3, 0.4) is 0 Å². The summed E-state index contributed by atoms with van der Waals surface area (Å²) in [6.45, 7) is 15.6. The highest BCUT2D eigenvalue weighted by Gasteiger charge is 2.30. The monoisotopic (exact) mass is 269 g/mol. The molecule has 1 aliphatic rings. The molecule has 0 bridgehead atoms. The summed E-state index contributed by atoms with van der Waals surface area (Å²) in [7, 11) is 0. The fourth-order valence-corrected chi connectivity index (χ4v) is 3.62. The molecule has 1 aliphatic carbocycles. The molecular weight excluding hydrogens is 242 g/mol. The van der Waals surface area contributed by atoms with Gasteiger partial charge in [-0.3, -0.25) is 0 Å². The Kier molecular flexibility index (Phi) is 3.82. The first-order chi connectivity index (χ1) is 9.21. The summed E-state index contributed by atoms with van der Waals surface area (Å²) in [5.41, 5.74) is 14.0. The largest absolute Gasteiger partial charge is 0.399 e. The third kappa shape index (κ3) is 2.82. The van der Waals surface area contributed by atoms with Crippen molar-refractivity contribution in [2.24, 2.45) is 5.41 Å². The molecule has 1 nitrogen and oxygen atoms in total. The third-order valence-corrected chi connectivity index (χ3v) is 4.51. The summed E-state index contributed by atoms with van der Waals surface area (Å²) < 4.78 is 0. The highest BCUT2D eigenvalue weighted by molar-refractivity contribution is 5.52. The fourth-order valence-electron chi connectivity index (χ4n) is 3.62. The lowest BCUT2D eigenvalue weighted by molar-refractivity contribution is 0.345. The zero-order valence-corrected chi connectivity index (χ0v) is 13.5. The number of nitrogens with two attached hydrogens (primary N) is 1. The van der Waals surface area contributed by atoms with Crippen LogP contribution < -0.4 is 5.73 Å². The van der Waals surface area contributed by atoms with Crippen LogP contribution in [0.25, 0.3) is 0 Å². The van der Waals surface area contributed by atoms with Crippen LogP contribution in [0.1, 0.15) is 57.6 Å². The molecule has 1 aromatic carbocycles. The van der Waals surface area contributed by atoms with Crippen molar-refractivity contribution in [2.75, 3.05) is 5.73 Å². The van der Waals surface area contributed by atoms with Crippen LogP contribution >= 0.6 is 0 Å². The molecule has 0 heterocycles. The van der Waals surface area contributed by atoms with E-state index in [2.05, 4.69) is 59.4 Å². The van der Waals surface area contributed by atoms with Crippen molar-refractivity contribution < 1.29 is 0 Å². The quantitative estimate of drug-likeness (QED) is 0.717. The second-order valence-electron chi connectivity index (χ2n) is 7.15. The van der Waals surface area contributed by atoms with E-state index in [0.29, 0.717) is 11.3 Å². The summed E-state index contributed by atoms with van der Waals surface area (Å²) in [5, 5.41) is 0. The molecule has 1 heteroatoms. The topological polar surface area (TPSA) is 26.0 Å². The maximum atomic E-state index is 6.06. The number of hydrogen-bond acceptors (Lipinski definition) is 1. The van der Waals surface area contributed by atoms with E-state index < -0.39 is 0 Å². The molecule has 0 spiro atoms. The Morgan fingerprint density at radius 2 is 1.85 bits per heavy atom. The Hall–Kier alpha value is -1.50. The Balaban J connectivity index is 2.39. The summed E-state index contributed by atoms with van der Waals surface area (Å²) in [6, 6.07) is 6.43. The Labute approximate surface area is 123 Å². The first-order valence-electron chi connectivity index (χ1n) is 7.45. The Morgan fingerprint density at radius 3 is 2.40 bits per heavy atom. The lowest BCUT2D eigenvalue weighted by atomic mass is 9.69. The maximum Gasteiger partial charge on any atom is 0.0346 e. The van der Waals surface area contributed by atoms with Gasteiger partial charge in [0.2, 0.25) is 0 Å². The molecule has 1 aromatic rings. The van der Waals surface area contributed by atoms with E-state index in [-0.39, 0.29) is 0 Å². The molecule has 0 amide bonds. The smallest absolute Gasteiger partial charge is 0.0346 e. The van der Waals surface area contributed by atoms with Crippen LogP contribution in [0, 0.1) is 12.3 Å². The van der Waals surface area contributed by atoms with Crippen molar-refractivity contribution in [3.63, 3.8) is 0 Å². The maximum absolute atomic E-state index is 6.06. The average Bonchev–Trinajstić information content (AvgIpc) is 2.29. The van der Waals surface area contributed by atoms with Crippen molar-refractivity contribution >= 4 is 5.69 Å². The first kappa shape index (κ1) is 14.9. The van der Waals surface area contributed by atoms with Gasteiger partial charge in [-0.1, -0.05) is 50.6 Å². The number of aryl methyl sites for hydroxylation is 1. The number of benzene rings is 1. The molecule has 0 fully saturated rings. The lowest BCUT2D eigenvalue weighted by Crippen LogP contribution is -2.21. The van der Waals surface area contributed by atoms with Crippen LogP contribution in [0.5, 0.6) is 0 Å². The molecule has 1 atom stereocenters.